The molecule has 4 aromatic rings. The number of carbonyl (C=O) groups is 1. The second-order valence-corrected chi connectivity index (χ2v) is 8.99. The molecule has 0 bridgehead atoms. The predicted molar refractivity (Wildman–Crippen MR) is 122 cm³/mol. The van der Waals surface area contributed by atoms with Gasteiger partial charge in [0, 0.05) is 15.5 Å². The number of aromatic nitrogens is 4. The lowest BCUT2D eigenvalue weighted by molar-refractivity contribution is -0.113. The van der Waals surface area contributed by atoms with Crippen LogP contribution in [0.1, 0.15) is 5.69 Å². The highest BCUT2D eigenvalue weighted by Crippen LogP contribution is 2.34. The first-order chi connectivity index (χ1) is 14.5. The fourth-order valence-corrected chi connectivity index (χ4v) is 4.55. The summed E-state index contributed by atoms with van der Waals surface area (Å²) in [5.74, 6) is 0.548. The summed E-state index contributed by atoms with van der Waals surface area (Å²) < 4.78 is 2.64. The second-order valence-electron chi connectivity index (χ2n) is 6.27. The predicted octanol–water partition coefficient (Wildman–Crippen LogP) is 4.90. The smallest absolute Gasteiger partial charge is 0.236 e. The minimum absolute atomic E-state index is 0.0937. The average molecular weight is 502 g/mol. The number of hydrogen-bond acceptors (Lipinski definition) is 7. The van der Waals surface area contributed by atoms with Crippen molar-refractivity contribution in [2.75, 3.05) is 11.1 Å². The summed E-state index contributed by atoms with van der Waals surface area (Å²) in [7, 11) is 0. The van der Waals surface area contributed by atoms with Crippen LogP contribution in [0.5, 0.6) is 5.75 Å². The van der Waals surface area contributed by atoms with Crippen molar-refractivity contribution in [3.05, 3.63) is 64.1 Å². The van der Waals surface area contributed by atoms with E-state index >= 15 is 0 Å². The van der Waals surface area contributed by atoms with Gasteiger partial charge in [-0.2, -0.15) is 0 Å². The summed E-state index contributed by atoms with van der Waals surface area (Å²) in [6.07, 6.45) is 0. The molecule has 0 saturated carbocycles. The quantitative estimate of drug-likeness (QED) is 0.365. The molecule has 0 atom stereocenters. The molecule has 0 unspecified atom stereocenters. The number of amides is 1. The molecular weight excluding hydrogens is 486 g/mol. The fourth-order valence-electron chi connectivity index (χ4n) is 2.73. The van der Waals surface area contributed by atoms with Crippen molar-refractivity contribution in [1.29, 1.82) is 0 Å². The van der Waals surface area contributed by atoms with Crippen molar-refractivity contribution in [3.8, 4) is 22.8 Å². The standard InChI is InChI=1S/C20H16BrN5O2S2/c1-12-10-29-19(22-12)23-17(28)11-30-20-25-24-18(15-9-13(21)7-8-16(15)27)26(20)14-5-3-2-4-6-14/h2-10,27H,11H2,1H3,(H,22,23,28). The van der Waals surface area contributed by atoms with Crippen LogP contribution in [0.3, 0.4) is 0 Å². The molecule has 1 amide bonds. The number of halogens is 1. The van der Waals surface area contributed by atoms with Crippen LogP contribution in [-0.2, 0) is 4.79 Å². The SMILES string of the molecule is Cc1csc(NC(=O)CSc2nnc(-c3cc(Br)ccc3O)n2-c2ccccc2)n1. The van der Waals surface area contributed by atoms with E-state index in [4.69, 9.17) is 0 Å². The number of hydrogen-bond donors (Lipinski definition) is 2. The summed E-state index contributed by atoms with van der Waals surface area (Å²) in [4.78, 5) is 16.6. The molecule has 2 N–H and O–H groups in total. The molecule has 0 aliphatic rings. The summed E-state index contributed by atoms with van der Waals surface area (Å²) in [5, 5.41) is 24.7. The minimum Gasteiger partial charge on any atom is -0.507 e. The maximum absolute atomic E-state index is 12.3. The van der Waals surface area contributed by atoms with Gasteiger partial charge in [-0.05, 0) is 37.3 Å². The lowest BCUT2D eigenvalue weighted by Gasteiger charge is -2.11. The molecule has 2 heterocycles. The van der Waals surface area contributed by atoms with Crippen LogP contribution in [-0.4, -0.2) is 36.5 Å². The molecule has 0 radical (unpaired) electrons. The van der Waals surface area contributed by atoms with Crippen molar-refractivity contribution in [2.45, 2.75) is 12.1 Å². The van der Waals surface area contributed by atoms with Gasteiger partial charge in [0.2, 0.25) is 5.91 Å². The van der Waals surface area contributed by atoms with Gasteiger partial charge < -0.3 is 10.4 Å². The van der Waals surface area contributed by atoms with Crippen LogP contribution in [0, 0.1) is 6.92 Å². The van der Waals surface area contributed by atoms with Crippen molar-refractivity contribution in [3.63, 3.8) is 0 Å². The first-order valence-electron chi connectivity index (χ1n) is 8.86. The van der Waals surface area contributed by atoms with Crippen molar-refractivity contribution < 1.29 is 9.90 Å². The summed E-state index contributed by atoms with van der Waals surface area (Å²) in [6.45, 7) is 1.88. The van der Waals surface area contributed by atoms with E-state index in [9.17, 15) is 9.90 Å². The highest BCUT2D eigenvalue weighted by Gasteiger charge is 2.20. The van der Waals surface area contributed by atoms with Gasteiger partial charge in [0.05, 0.1) is 17.0 Å². The molecule has 10 heteroatoms. The van der Waals surface area contributed by atoms with Crippen LogP contribution >= 0.6 is 39.0 Å². The lowest BCUT2D eigenvalue weighted by atomic mass is 10.2. The Morgan fingerprint density at radius 2 is 2.03 bits per heavy atom. The Labute approximate surface area is 189 Å². The third-order valence-corrected chi connectivity index (χ3v) is 6.34. The number of aromatic hydroxyl groups is 1. The Balaban J connectivity index is 1.64. The van der Waals surface area contributed by atoms with E-state index in [1.807, 2.05) is 47.2 Å². The van der Waals surface area contributed by atoms with Crippen molar-refractivity contribution in [1.82, 2.24) is 19.7 Å². The number of phenolic OH excluding ortho intramolecular Hbond substituents is 1. The normalized spacial score (nSPS) is 10.9. The molecule has 152 valence electrons. The Kier molecular flexibility index (Phi) is 6.16. The van der Waals surface area contributed by atoms with E-state index in [-0.39, 0.29) is 17.4 Å². The van der Waals surface area contributed by atoms with E-state index in [0.717, 1.165) is 15.9 Å². The Bertz CT molecular complexity index is 1190. The van der Waals surface area contributed by atoms with E-state index in [1.165, 1.54) is 23.1 Å². The van der Waals surface area contributed by atoms with Gasteiger partial charge in [-0.15, -0.1) is 21.5 Å². The Morgan fingerprint density at radius 1 is 1.23 bits per heavy atom. The Morgan fingerprint density at radius 3 is 2.77 bits per heavy atom. The summed E-state index contributed by atoms with van der Waals surface area (Å²) in [6, 6.07) is 14.7. The maximum atomic E-state index is 12.3. The third-order valence-electron chi connectivity index (χ3n) is 4.04. The van der Waals surface area contributed by atoms with Gasteiger partial charge in [0.15, 0.2) is 16.1 Å². The molecule has 2 aromatic carbocycles. The minimum atomic E-state index is -0.177. The number of phenols is 1. The molecule has 0 spiro atoms. The average Bonchev–Trinajstić information content (AvgIpc) is 3.34. The topological polar surface area (TPSA) is 92.9 Å². The van der Waals surface area contributed by atoms with Gasteiger partial charge in [0.1, 0.15) is 5.75 Å². The largest absolute Gasteiger partial charge is 0.507 e. The van der Waals surface area contributed by atoms with Gasteiger partial charge in [-0.3, -0.25) is 9.36 Å². The highest BCUT2D eigenvalue weighted by atomic mass is 79.9. The molecule has 0 fully saturated rings. The zero-order chi connectivity index (χ0) is 21.1. The first-order valence-corrected chi connectivity index (χ1v) is 11.5. The number of para-hydroxylation sites is 1. The highest BCUT2D eigenvalue weighted by molar-refractivity contribution is 9.10. The van der Waals surface area contributed by atoms with E-state index in [2.05, 4.69) is 36.4 Å². The zero-order valence-electron chi connectivity index (χ0n) is 15.7. The number of carbonyl (C=O) groups excluding carboxylic acids is 1. The maximum Gasteiger partial charge on any atom is 0.236 e. The number of aryl methyl sites for hydroxylation is 1. The molecule has 30 heavy (non-hydrogen) atoms. The number of benzene rings is 2. The van der Waals surface area contributed by atoms with Crippen LogP contribution in [0.4, 0.5) is 5.13 Å². The molecule has 0 saturated heterocycles. The fraction of sp³-hybridized carbons (Fsp3) is 0.100. The lowest BCUT2D eigenvalue weighted by Crippen LogP contribution is -2.14. The van der Waals surface area contributed by atoms with E-state index < -0.39 is 0 Å². The number of thiazole rings is 1. The van der Waals surface area contributed by atoms with Crippen LogP contribution in [0.15, 0.2) is 63.5 Å². The molecular formula is C20H16BrN5O2S2. The number of nitrogens with zero attached hydrogens (tertiary/aromatic N) is 4. The number of thioether (sulfide) groups is 1. The number of anilines is 1. The van der Waals surface area contributed by atoms with E-state index in [1.54, 1.807) is 18.2 Å². The first kappa shape index (κ1) is 20.6. The molecule has 7 nitrogen and oxygen atoms in total. The summed E-state index contributed by atoms with van der Waals surface area (Å²) >= 11 is 6.08. The summed E-state index contributed by atoms with van der Waals surface area (Å²) in [5.41, 5.74) is 2.23. The van der Waals surface area contributed by atoms with Crippen LogP contribution in [0.2, 0.25) is 0 Å². The second kappa shape index (κ2) is 8.99. The van der Waals surface area contributed by atoms with Crippen molar-refractivity contribution in [2.24, 2.45) is 0 Å². The number of nitrogens with one attached hydrogen (secondary N) is 1. The molecule has 0 aliphatic heterocycles. The third kappa shape index (κ3) is 4.55. The Hall–Kier alpha value is -2.69. The monoisotopic (exact) mass is 501 g/mol. The van der Waals surface area contributed by atoms with Gasteiger partial charge in [-0.1, -0.05) is 45.9 Å². The molecule has 0 aliphatic carbocycles. The van der Waals surface area contributed by atoms with Gasteiger partial charge in [-0.25, -0.2) is 4.98 Å². The zero-order valence-corrected chi connectivity index (χ0v) is 19.0. The molecule has 2 aromatic heterocycles. The number of rotatable bonds is 6. The van der Waals surface area contributed by atoms with Gasteiger partial charge >= 0.3 is 0 Å². The van der Waals surface area contributed by atoms with Crippen LogP contribution in [0.25, 0.3) is 17.1 Å². The van der Waals surface area contributed by atoms with Crippen molar-refractivity contribution >= 4 is 50.1 Å². The van der Waals surface area contributed by atoms with E-state index in [0.29, 0.717) is 21.7 Å². The molecule has 4 rings (SSSR count). The van der Waals surface area contributed by atoms with Crippen LogP contribution < -0.4 is 5.32 Å². The van der Waals surface area contributed by atoms with Gasteiger partial charge in [0.25, 0.3) is 0 Å².